The van der Waals surface area contributed by atoms with E-state index in [9.17, 15) is 9.59 Å². The van der Waals surface area contributed by atoms with E-state index in [1.165, 1.54) is 0 Å². The van der Waals surface area contributed by atoms with Gasteiger partial charge in [-0.05, 0) is 31.0 Å². The molecule has 1 N–H and O–H groups in total. The molecule has 2 unspecified atom stereocenters. The number of hydrogen-bond acceptors (Lipinski definition) is 2. The molecule has 1 aliphatic carbocycles. The molecule has 2 atom stereocenters. The second kappa shape index (κ2) is 7.34. The first kappa shape index (κ1) is 17.1. The molecule has 2 amide bonds. The SMILES string of the molecule is CCCCN(C)C(=O)C1CC1C(=O)Nc1ccc(Cl)c(Cl)c1. The lowest BCUT2D eigenvalue weighted by Gasteiger charge is -2.16. The fourth-order valence-corrected chi connectivity index (χ4v) is 2.65. The molecule has 1 aromatic rings. The average molecular weight is 343 g/mol. The van der Waals surface area contributed by atoms with Crippen LogP contribution in [0, 0.1) is 11.8 Å². The minimum absolute atomic E-state index is 0.0581. The minimum atomic E-state index is -0.244. The number of unbranched alkanes of at least 4 members (excludes halogenated alkanes) is 1. The molecule has 120 valence electrons. The maximum atomic E-state index is 12.2. The Kier molecular flexibility index (Phi) is 5.70. The highest BCUT2D eigenvalue weighted by atomic mass is 35.5. The first-order valence-corrected chi connectivity index (χ1v) is 8.20. The third-order valence-corrected chi connectivity index (χ3v) is 4.59. The smallest absolute Gasteiger partial charge is 0.228 e. The van der Waals surface area contributed by atoms with E-state index in [-0.39, 0.29) is 23.7 Å². The summed E-state index contributed by atoms with van der Waals surface area (Å²) >= 11 is 11.8. The number of nitrogens with one attached hydrogen (secondary N) is 1. The van der Waals surface area contributed by atoms with E-state index in [2.05, 4.69) is 12.2 Å². The first-order chi connectivity index (χ1) is 10.4. The quantitative estimate of drug-likeness (QED) is 0.853. The molecule has 2 rings (SSSR count). The normalized spacial score (nSPS) is 19.6. The van der Waals surface area contributed by atoms with Gasteiger partial charge in [0.05, 0.1) is 21.9 Å². The Bertz CT molecular complexity index is 577. The van der Waals surface area contributed by atoms with Crippen molar-refractivity contribution in [2.45, 2.75) is 26.2 Å². The van der Waals surface area contributed by atoms with E-state index >= 15 is 0 Å². The van der Waals surface area contributed by atoms with Crippen molar-refractivity contribution in [3.05, 3.63) is 28.2 Å². The van der Waals surface area contributed by atoms with Crippen LogP contribution in [-0.2, 0) is 9.59 Å². The van der Waals surface area contributed by atoms with E-state index in [1.807, 2.05) is 0 Å². The standard InChI is InChI=1S/C16H20Cl2N2O2/c1-3-4-7-20(2)16(22)12-9-11(12)15(21)19-10-5-6-13(17)14(18)8-10/h5-6,8,11-12H,3-4,7,9H2,1-2H3,(H,19,21). The maximum absolute atomic E-state index is 12.2. The van der Waals surface area contributed by atoms with Crippen molar-refractivity contribution in [1.82, 2.24) is 4.90 Å². The molecule has 0 radical (unpaired) electrons. The molecule has 0 spiro atoms. The van der Waals surface area contributed by atoms with Crippen molar-refractivity contribution < 1.29 is 9.59 Å². The van der Waals surface area contributed by atoms with E-state index in [1.54, 1.807) is 30.1 Å². The number of nitrogens with zero attached hydrogens (tertiary/aromatic N) is 1. The highest BCUT2D eigenvalue weighted by Crippen LogP contribution is 2.41. The predicted molar refractivity (Wildman–Crippen MR) is 89.2 cm³/mol. The topological polar surface area (TPSA) is 49.4 Å². The number of benzene rings is 1. The average Bonchev–Trinajstić information content (AvgIpc) is 3.28. The molecule has 0 bridgehead atoms. The van der Waals surface area contributed by atoms with Gasteiger partial charge in [-0.15, -0.1) is 0 Å². The van der Waals surface area contributed by atoms with Gasteiger partial charge in [0.1, 0.15) is 0 Å². The maximum Gasteiger partial charge on any atom is 0.228 e. The van der Waals surface area contributed by atoms with Crippen LogP contribution in [0.15, 0.2) is 18.2 Å². The van der Waals surface area contributed by atoms with Crippen molar-refractivity contribution in [2.24, 2.45) is 11.8 Å². The molecule has 4 nitrogen and oxygen atoms in total. The lowest BCUT2D eigenvalue weighted by molar-refractivity contribution is -0.132. The van der Waals surface area contributed by atoms with Gasteiger partial charge in [-0.2, -0.15) is 0 Å². The van der Waals surface area contributed by atoms with Crippen LogP contribution in [0.1, 0.15) is 26.2 Å². The van der Waals surface area contributed by atoms with Crippen LogP contribution in [0.3, 0.4) is 0 Å². The number of carbonyl (C=O) groups is 2. The molecule has 22 heavy (non-hydrogen) atoms. The van der Waals surface area contributed by atoms with Crippen LogP contribution in [-0.4, -0.2) is 30.3 Å². The Labute approximate surface area is 140 Å². The molecule has 0 aromatic heterocycles. The Morgan fingerprint density at radius 3 is 2.64 bits per heavy atom. The fraction of sp³-hybridized carbons (Fsp3) is 0.500. The molecular formula is C16H20Cl2N2O2. The third-order valence-electron chi connectivity index (χ3n) is 3.85. The van der Waals surface area contributed by atoms with E-state index in [0.29, 0.717) is 22.2 Å². The van der Waals surface area contributed by atoms with E-state index in [4.69, 9.17) is 23.2 Å². The molecule has 1 saturated carbocycles. The van der Waals surface area contributed by atoms with Crippen molar-refractivity contribution in [1.29, 1.82) is 0 Å². The molecule has 1 fully saturated rings. The number of carbonyl (C=O) groups excluding carboxylic acids is 2. The van der Waals surface area contributed by atoms with Gasteiger partial charge in [-0.25, -0.2) is 0 Å². The number of amides is 2. The molecular weight excluding hydrogens is 323 g/mol. The largest absolute Gasteiger partial charge is 0.346 e. The van der Waals surface area contributed by atoms with Crippen LogP contribution in [0.2, 0.25) is 10.0 Å². The number of anilines is 1. The van der Waals surface area contributed by atoms with Crippen LogP contribution in [0.25, 0.3) is 0 Å². The van der Waals surface area contributed by atoms with Gasteiger partial charge in [-0.1, -0.05) is 36.5 Å². The van der Waals surface area contributed by atoms with Crippen LogP contribution in [0.4, 0.5) is 5.69 Å². The van der Waals surface area contributed by atoms with E-state index in [0.717, 1.165) is 19.4 Å². The zero-order valence-electron chi connectivity index (χ0n) is 12.7. The lowest BCUT2D eigenvalue weighted by Crippen LogP contribution is -2.30. The van der Waals surface area contributed by atoms with Gasteiger partial charge < -0.3 is 10.2 Å². The summed E-state index contributed by atoms with van der Waals surface area (Å²) in [5.41, 5.74) is 0.594. The number of halogens is 2. The van der Waals surface area contributed by atoms with Gasteiger partial charge in [0, 0.05) is 19.3 Å². The molecule has 0 heterocycles. The van der Waals surface area contributed by atoms with Gasteiger partial charge in [0.15, 0.2) is 0 Å². The van der Waals surface area contributed by atoms with Crippen molar-refractivity contribution in [3.63, 3.8) is 0 Å². The van der Waals surface area contributed by atoms with Gasteiger partial charge in [-0.3, -0.25) is 9.59 Å². The first-order valence-electron chi connectivity index (χ1n) is 7.45. The van der Waals surface area contributed by atoms with Gasteiger partial charge in [0.2, 0.25) is 11.8 Å². The summed E-state index contributed by atoms with van der Waals surface area (Å²) in [6.45, 7) is 2.83. The highest BCUT2D eigenvalue weighted by molar-refractivity contribution is 6.42. The summed E-state index contributed by atoms with van der Waals surface area (Å²) in [5, 5.41) is 3.62. The van der Waals surface area contributed by atoms with Crippen LogP contribution < -0.4 is 5.32 Å². The number of rotatable bonds is 6. The zero-order chi connectivity index (χ0) is 16.3. The van der Waals surface area contributed by atoms with Crippen molar-refractivity contribution in [2.75, 3.05) is 18.9 Å². The molecule has 1 aliphatic rings. The van der Waals surface area contributed by atoms with Crippen LogP contribution in [0.5, 0.6) is 0 Å². The summed E-state index contributed by atoms with van der Waals surface area (Å²) in [6, 6.07) is 4.93. The Morgan fingerprint density at radius 2 is 2.00 bits per heavy atom. The summed E-state index contributed by atoms with van der Waals surface area (Å²) in [5.74, 6) is -0.515. The molecule has 1 aromatic carbocycles. The summed E-state index contributed by atoms with van der Waals surface area (Å²) < 4.78 is 0. The monoisotopic (exact) mass is 342 g/mol. The summed E-state index contributed by atoms with van der Waals surface area (Å²) in [4.78, 5) is 26.1. The minimum Gasteiger partial charge on any atom is -0.346 e. The lowest BCUT2D eigenvalue weighted by atomic mass is 10.2. The van der Waals surface area contributed by atoms with E-state index < -0.39 is 0 Å². The van der Waals surface area contributed by atoms with Crippen molar-refractivity contribution >= 4 is 40.7 Å². The van der Waals surface area contributed by atoms with Crippen molar-refractivity contribution in [3.8, 4) is 0 Å². The third kappa shape index (κ3) is 4.14. The van der Waals surface area contributed by atoms with Gasteiger partial charge in [0.25, 0.3) is 0 Å². The summed E-state index contributed by atoms with van der Waals surface area (Å²) in [6.07, 6.45) is 2.64. The zero-order valence-corrected chi connectivity index (χ0v) is 14.2. The van der Waals surface area contributed by atoms with Crippen LogP contribution >= 0.6 is 23.2 Å². The Morgan fingerprint density at radius 1 is 1.27 bits per heavy atom. The Balaban J connectivity index is 1.87. The molecule has 0 saturated heterocycles. The fourth-order valence-electron chi connectivity index (χ4n) is 2.36. The molecule has 0 aliphatic heterocycles. The summed E-state index contributed by atoms with van der Waals surface area (Å²) in [7, 11) is 1.80. The number of hydrogen-bond donors (Lipinski definition) is 1. The Hall–Kier alpha value is -1.26. The second-order valence-electron chi connectivity index (χ2n) is 5.68. The second-order valence-corrected chi connectivity index (χ2v) is 6.49. The predicted octanol–water partition coefficient (Wildman–Crippen LogP) is 3.83. The highest BCUT2D eigenvalue weighted by Gasteiger charge is 2.48. The molecule has 6 heteroatoms. The van der Waals surface area contributed by atoms with Gasteiger partial charge >= 0.3 is 0 Å².